The molecule has 0 fully saturated rings. The molecule has 1 heterocycles. The van der Waals surface area contributed by atoms with Crippen molar-refractivity contribution in [3.8, 4) is 0 Å². The van der Waals surface area contributed by atoms with Crippen molar-refractivity contribution in [1.29, 1.82) is 0 Å². The standard InChI is InChI=1S/C7H13IN2/c1-6-3-9-10(4-6)5-7(2)8/h4,7,9H,3,5H2,1-2H3/t7-/m1/s1. The number of hydrogen-bond donors (Lipinski definition) is 1. The molecule has 0 saturated heterocycles. The predicted octanol–water partition coefficient (Wildman–Crippen LogP) is 1.53. The van der Waals surface area contributed by atoms with Crippen LogP contribution < -0.4 is 5.43 Å². The third kappa shape index (κ3) is 2.46. The Morgan fingerprint density at radius 2 is 2.60 bits per heavy atom. The van der Waals surface area contributed by atoms with Crippen molar-refractivity contribution in [3.05, 3.63) is 11.8 Å². The number of halogens is 1. The van der Waals surface area contributed by atoms with Crippen LogP contribution in [0.1, 0.15) is 13.8 Å². The third-order valence-corrected chi connectivity index (χ3v) is 1.78. The highest BCUT2D eigenvalue weighted by molar-refractivity contribution is 14.1. The van der Waals surface area contributed by atoms with E-state index in [9.17, 15) is 0 Å². The Kier molecular flexibility index (Phi) is 2.97. The predicted molar refractivity (Wildman–Crippen MR) is 51.9 cm³/mol. The van der Waals surface area contributed by atoms with Crippen molar-refractivity contribution in [3.63, 3.8) is 0 Å². The zero-order valence-electron chi connectivity index (χ0n) is 6.39. The van der Waals surface area contributed by atoms with Gasteiger partial charge in [0.1, 0.15) is 0 Å². The van der Waals surface area contributed by atoms with Crippen molar-refractivity contribution in [2.75, 3.05) is 13.1 Å². The SMILES string of the molecule is CC1=CN(C[C@@H](C)I)NC1. The molecule has 0 aromatic heterocycles. The molecule has 2 nitrogen and oxygen atoms in total. The van der Waals surface area contributed by atoms with Crippen LogP contribution in [0.2, 0.25) is 0 Å². The van der Waals surface area contributed by atoms with Crippen molar-refractivity contribution in [2.24, 2.45) is 0 Å². The highest BCUT2D eigenvalue weighted by Gasteiger charge is 2.08. The number of alkyl halides is 1. The summed E-state index contributed by atoms with van der Waals surface area (Å²) in [6, 6.07) is 0. The van der Waals surface area contributed by atoms with Crippen LogP contribution in [0.5, 0.6) is 0 Å². The van der Waals surface area contributed by atoms with Gasteiger partial charge >= 0.3 is 0 Å². The summed E-state index contributed by atoms with van der Waals surface area (Å²) >= 11 is 2.43. The summed E-state index contributed by atoms with van der Waals surface area (Å²) in [4.78, 5) is 0. The monoisotopic (exact) mass is 252 g/mol. The average Bonchev–Trinajstić information content (AvgIpc) is 2.13. The molecule has 0 aromatic carbocycles. The van der Waals surface area contributed by atoms with Gasteiger partial charge in [-0.05, 0) is 12.5 Å². The fraction of sp³-hybridized carbons (Fsp3) is 0.714. The molecule has 1 rings (SSSR count). The van der Waals surface area contributed by atoms with Gasteiger partial charge in [0, 0.05) is 23.2 Å². The lowest BCUT2D eigenvalue weighted by molar-refractivity contribution is 0.313. The molecule has 0 aliphatic carbocycles. The molecule has 1 aliphatic heterocycles. The van der Waals surface area contributed by atoms with Gasteiger partial charge in [-0.3, -0.25) is 0 Å². The van der Waals surface area contributed by atoms with Gasteiger partial charge in [-0.2, -0.15) is 0 Å². The van der Waals surface area contributed by atoms with Gasteiger partial charge in [-0.1, -0.05) is 29.5 Å². The van der Waals surface area contributed by atoms with Crippen molar-refractivity contribution < 1.29 is 0 Å². The lowest BCUT2D eigenvalue weighted by atomic mass is 10.3. The second kappa shape index (κ2) is 3.57. The highest BCUT2D eigenvalue weighted by atomic mass is 127. The van der Waals surface area contributed by atoms with Gasteiger partial charge in [0.15, 0.2) is 0 Å². The van der Waals surface area contributed by atoms with Crippen molar-refractivity contribution in [1.82, 2.24) is 10.4 Å². The number of nitrogens with zero attached hydrogens (tertiary/aromatic N) is 1. The van der Waals surface area contributed by atoms with Crippen LogP contribution in [-0.4, -0.2) is 22.0 Å². The van der Waals surface area contributed by atoms with Gasteiger partial charge in [-0.15, -0.1) is 0 Å². The zero-order chi connectivity index (χ0) is 7.56. The fourth-order valence-corrected chi connectivity index (χ4v) is 1.40. The first-order valence-electron chi connectivity index (χ1n) is 3.50. The number of hydrogen-bond acceptors (Lipinski definition) is 2. The summed E-state index contributed by atoms with van der Waals surface area (Å²) in [5.41, 5.74) is 4.69. The molecule has 1 atom stereocenters. The molecule has 0 radical (unpaired) electrons. The lowest BCUT2D eigenvalue weighted by Crippen LogP contribution is -2.32. The van der Waals surface area contributed by atoms with Gasteiger partial charge in [-0.25, -0.2) is 5.43 Å². The Morgan fingerprint density at radius 1 is 1.90 bits per heavy atom. The molecule has 3 heteroatoms. The molecule has 0 spiro atoms. The number of hydrazine groups is 1. The average molecular weight is 252 g/mol. The van der Waals surface area contributed by atoms with E-state index in [1.165, 1.54) is 5.57 Å². The van der Waals surface area contributed by atoms with E-state index in [0.29, 0.717) is 3.92 Å². The third-order valence-electron chi connectivity index (χ3n) is 1.39. The maximum Gasteiger partial charge on any atom is 0.0453 e. The minimum absolute atomic E-state index is 0.701. The second-order valence-corrected chi connectivity index (χ2v) is 4.87. The molecule has 1 N–H and O–H groups in total. The van der Waals surface area contributed by atoms with E-state index in [1.807, 2.05) is 0 Å². The first-order valence-corrected chi connectivity index (χ1v) is 4.74. The molecular formula is C7H13IN2. The summed E-state index contributed by atoms with van der Waals surface area (Å²) < 4.78 is 0.701. The Hall–Kier alpha value is 0.230. The van der Waals surface area contributed by atoms with Crippen LogP contribution in [0.25, 0.3) is 0 Å². The highest BCUT2D eigenvalue weighted by Crippen LogP contribution is 2.06. The molecule has 0 unspecified atom stereocenters. The summed E-state index contributed by atoms with van der Waals surface area (Å²) in [6.07, 6.45) is 2.18. The number of rotatable bonds is 2. The van der Waals surface area contributed by atoms with E-state index in [1.54, 1.807) is 0 Å². The largest absolute Gasteiger partial charge is 0.314 e. The van der Waals surface area contributed by atoms with Crippen molar-refractivity contribution in [2.45, 2.75) is 17.8 Å². The lowest BCUT2D eigenvalue weighted by Gasteiger charge is -2.16. The quantitative estimate of drug-likeness (QED) is 0.592. The zero-order valence-corrected chi connectivity index (χ0v) is 8.55. The summed E-state index contributed by atoms with van der Waals surface area (Å²) in [5, 5.41) is 2.16. The van der Waals surface area contributed by atoms with Crippen LogP contribution in [0.3, 0.4) is 0 Å². The molecule has 58 valence electrons. The van der Waals surface area contributed by atoms with Crippen LogP contribution in [-0.2, 0) is 0 Å². The van der Waals surface area contributed by atoms with Crippen LogP contribution in [0.15, 0.2) is 11.8 Å². The summed E-state index contributed by atoms with van der Waals surface area (Å²) in [6.45, 7) is 6.47. The topological polar surface area (TPSA) is 15.3 Å². The van der Waals surface area contributed by atoms with E-state index in [-0.39, 0.29) is 0 Å². The van der Waals surface area contributed by atoms with E-state index >= 15 is 0 Å². The first kappa shape index (κ1) is 8.33. The Balaban J connectivity index is 2.31. The molecule has 10 heavy (non-hydrogen) atoms. The van der Waals surface area contributed by atoms with E-state index in [4.69, 9.17) is 0 Å². The van der Waals surface area contributed by atoms with Gasteiger partial charge in [0.05, 0.1) is 0 Å². The molecular weight excluding hydrogens is 239 g/mol. The Bertz CT molecular complexity index is 143. The van der Waals surface area contributed by atoms with E-state index in [0.717, 1.165) is 13.1 Å². The maximum absolute atomic E-state index is 3.27. The van der Waals surface area contributed by atoms with E-state index in [2.05, 4.69) is 53.1 Å². The smallest absolute Gasteiger partial charge is 0.0453 e. The molecule has 0 bridgehead atoms. The fourth-order valence-electron chi connectivity index (χ4n) is 0.972. The van der Waals surface area contributed by atoms with Gasteiger partial charge < -0.3 is 5.01 Å². The first-order chi connectivity index (χ1) is 4.68. The Labute approximate surface area is 75.8 Å². The molecule has 0 amide bonds. The molecule has 1 aliphatic rings. The number of nitrogens with one attached hydrogen (secondary N) is 1. The van der Waals surface area contributed by atoms with Crippen molar-refractivity contribution >= 4 is 22.6 Å². The summed E-state index contributed by atoms with van der Waals surface area (Å²) in [5.74, 6) is 0. The van der Waals surface area contributed by atoms with Crippen LogP contribution in [0, 0.1) is 0 Å². The van der Waals surface area contributed by atoms with Crippen LogP contribution >= 0.6 is 22.6 Å². The molecule has 0 saturated carbocycles. The Morgan fingerprint density at radius 3 is 3.00 bits per heavy atom. The normalized spacial score (nSPS) is 21.1. The summed E-state index contributed by atoms with van der Waals surface area (Å²) in [7, 11) is 0. The minimum Gasteiger partial charge on any atom is -0.314 e. The van der Waals surface area contributed by atoms with E-state index < -0.39 is 0 Å². The minimum atomic E-state index is 0.701. The second-order valence-electron chi connectivity index (χ2n) is 2.74. The van der Waals surface area contributed by atoms with Crippen LogP contribution in [0.4, 0.5) is 0 Å². The maximum atomic E-state index is 3.27. The van der Waals surface area contributed by atoms with Gasteiger partial charge in [0.2, 0.25) is 0 Å². The molecule has 0 aromatic rings. The van der Waals surface area contributed by atoms with Gasteiger partial charge in [0.25, 0.3) is 0 Å².